The molecule has 256 valence electrons. The first kappa shape index (κ1) is 32.5. The Labute approximate surface area is 289 Å². The van der Waals surface area contributed by atoms with Crippen LogP contribution in [0.1, 0.15) is 119 Å². The van der Waals surface area contributed by atoms with Gasteiger partial charge >= 0.3 is 0 Å². The number of benzene rings is 3. The van der Waals surface area contributed by atoms with Gasteiger partial charge in [-0.2, -0.15) is 0 Å². The molecule has 0 spiro atoms. The Bertz CT molecular complexity index is 1500. The zero-order valence-electron chi connectivity index (χ0n) is 30.2. The van der Waals surface area contributed by atoms with Crippen LogP contribution in [0.5, 0.6) is 0 Å². The number of rotatable bonds is 3. The molecule has 5 aliphatic rings. The predicted molar refractivity (Wildman–Crippen MR) is 200 cm³/mol. The van der Waals surface area contributed by atoms with Gasteiger partial charge in [-0.05, 0) is 144 Å². The van der Waals surface area contributed by atoms with Crippen LogP contribution in [0, 0.1) is 41.5 Å². The molecule has 5 heterocycles. The van der Waals surface area contributed by atoms with Gasteiger partial charge in [-0.25, -0.2) is 0 Å². The van der Waals surface area contributed by atoms with Gasteiger partial charge in [-0.15, -0.1) is 0 Å². The van der Waals surface area contributed by atoms with Crippen LogP contribution in [0.15, 0.2) is 48.5 Å². The lowest BCUT2D eigenvalue weighted by Gasteiger charge is -2.36. The van der Waals surface area contributed by atoms with Crippen molar-refractivity contribution in [2.24, 2.45) is 0 Å². The smallest absolute Gasteiger partial charge is 0.0314 e. The monoisotopic (exact) mass is 645 g/mol. The number of fused-ring (bicyclic) bond motifs is 9. The minimum Gasteiger partial charge on any atom is -0.399 e. The van der Waals surface area contributed by atoms with Gasteiger partial charge in [0.25, 0.3) is 0 Å². The number of hydrogen-bond acceptors (Lipinski definition) is 5. The van der Waals surface area contributed by atoms with E-state index in [1.807, 2.05) is 0 Å². The van der Waals surface area contributed by atoms with Gasteiger partial charge in [0.15, 0.2) is 0 Å². The average molecular weight is 646 g/mol. The second-order valence-corrected chi connectivity index (χ2v) is 16.7. The van der Waals surface area contributed by atoms with E-state index in [1.54, 1.807) is 11.1 Å². The molecule has 5 aliphatic heterocycles. The summed E-state index contributed by atoms with van der Waals surface area (Å²) >= 11 is 0. The Morgan fingerprint density at radius 3 is 1.06 bits per heavy atom. The third-order valence-corrected chi connectivity index (χ3v) is 13.4. The summed E-state index contributed by atoms with van der Waals surface area (Å²) in [5, 5.41) is 17.4. The molecule has 0 aliphatic carbocycles. The quantitative estimate of drug-likeness (QED) is 0.194. The molecule has 8 bridgehead atoms. The van der Waals surface area contributed by atoms with Crippen LogP contribution in [-0.2, 0) is 0 Å². The predicted octanol–water partition coefficient (Wildman–Crippen LogP) is 7.27. The Balaban J connectivity index is 1.23. The summed E-state index contributed by atoms with van der Waals surface area (Å²) in [6, 6.07) is 22.4. The van der Waals surface area contributed by atoms with Gasteiger partial charge in [0, 0.05) is 71.8 Å². The molecule has 3 aromatic carbocycles. The molecule has 5 heteroatoms. The van der Waals surface area contributed by atoms with Crippen molar-refractivity contribution >= 4 is 5.69 Å². The summed E-state index contributed by atoms with van der Waals surface area (Å²) in [6.45, 7) is 14.0. The largest absolute Gasteiger partial charge is 0.399 e. The third-order valence-electron chi connectivity index (χ3n) is 13.4. The van der Waals surface area contributed by atoms with Gasteiger partial charge in [-0.3, -0.25) is 0 Å². The van der Waals surface area contributed by atoms with E-state index in [1.165, 1.54) is 90.3 Å². The molecule has 8 rings (SSSR count). The molecule has 0 aromatic heterocycles. The molecule has 0 saturated carbocycles. The molecular weight excluding hydrogens is 587 g/mol. The van der Waals surface area contributed by atoms with Crippen molar-refractivity contribution in [3.05, 3.63) is 98.6 Å². The number of nitrogens with two attached hydrogens (primary N) is 1. The first-order valence-corrected chi connectivity index (χ1v) is 19.2. The van der Waals surface area contributed by atoms with Crippen LogP contribution in [0.2, 0.25) is 0 Å². The molecule has 10 unspecified atom stereocenters. The number of anilines is 1. The standard InChI is InChI=1S/C43H59N5/c1-23-19-25(3)39(26(4)20-23)42-35-13-11-31(45-35)32-12-14-36(46-32)43(40-27(5)21-24(2)22-28(40)6)38-18-16-34(48-38)41(33-15-17-37(42)47-33)29-7-9-30(44)10-8-29/h7-10,19-22,31-38,41-43,45-48H,11-18,44H2,1-6H3. The van der Waals surface area contributed by atoms with E-state index in [0.29, 0.717) is 66.1 Å². The van der Waals surface area contributed by atoms with Crippen molar-refractivity contribution in [3.8, 4) is 0 Å². The number of hydrogen-bond donors (Lipinski definition) is 5. The Kier molecular flexibility index (Phi) is 8.72. The van der Waals surface area contributed by atoms with E-state index in [9.17, 15) is 0 Å². The highest BCUT2D eigenvalue weighted by Gasteiger charge is 2.49. The molecule has 5 nitrogen and oxygen atoms in total. The average Bonchev–Trinajstić information content (AvgIpc) is 3.85. The molecule has 5 saturated heterocycles. The fourth-order valence-corrected chi connectivity index (χ4v) is 11.8. The SMILES string of the molecule is Cc1cc(C)c(C2C3CCC(N3)C3CCC(N3)C(c3c(C)cc(C)cc3C)C3CCC(N3)C(c3ccc(N)cc3)C3CCC2N3)c(C)c1. The summed E-state index contributed by atoms with van der Waals surface area (Å²) in [7, 11) is 0. The van der Waals surface area contributed by atoms with E-state index < -0.39 is 0 Å². The van der Waals surface area contributed by atoms with Crippen molar-refractivity contribution in [2.75, 3.05) is 5.73 Å². The van der Waals surface area contributed by atoms with Gasteiger partial charge in [0.05, 0.1) is 0 Å². The van der Waals surface area contributed by atoms with E-state index in [4.69, 9.17) is 5.73 Å². The van der Waals surface area contributed by atoms with E-state index in [2.05, 4.69) is 111 Å². The minimum atomic E-state index is 0.404. The fourth-order valence-electron chi connectivity index (χ4n) is 11.8. The van der Waals surface area contributed by atoms with Crippen LogP contribution in [0.4, 0.5) is 5.69 Å². The van der Waals surface area contributed by atoms with E-state index in [0.717, 1.165) is 5.69 Å². The molecule has 48 heavy (non-hydrogen) atoms. The van der Waals surface area contributed by atoms with Crippen LogP contribution in [0.3, 0.4) is 0 Å². The summed E-state index contributed by atoms with van der Waals surface area (Å²) in [4.78, 5) is 0. The van der Waals surface area contributed by atoms with Gasteiger partial charge in [0.1, 0.15) is 0 Å². The van der Waals surface area contributed by atoms with Gasteiger partial charge in [-0.1, -0.05) is 47.5 Å². The Morgan fingerprint density at radius 2 is 0.708 bits per heavy atom. The first-order valence-electron chi connectivity index (χ1n) is 19.2. The minimum absolute atomic E-state index is 0.404. The Hall–Kier alpha value is -2.70. The van der Waals surface area contributed by atoms with Crippen LogP contribution in [0.25, 0.3) is 0 Å². The summed E-state index contributed by atoms with van der Waals surface area (Å²) in [6.07, 6.45) is 9.90. The molecular formula is C43H59N5. The highest BCUT2D eigenvalue weighted by atomic mass is 15.1. The molecule has 6 N–H and O–H groups in total. The summed E-state index contributed by atoms with van der Waals surface area (Å²) in [5.74, 6) is 1.33. The normalized spacial score (nSPS) is 36.2. The zero-order chi connectivity index (χ0) is 33.3. The molecule has 0 amide bonds. The second-order valence-electron chi connectivity index (χ2n) is 16.7. The molecule has 10 atom stereocenters. The van der Waals surface area contributed by atoms with Gasteiger partial charge in [0.2, 0.25) is 0 Å². The maximum atomic E-state index is 6.26. The van der Waals surface area contributed by atoms with Crippen molar-refractivity contribution in [1.82, 2.24) is 21.3 Å². The zero-order valence-corrected chi connectivity index (χ0v) is 30.2. The van der Waals surface area contributed by atoms with E-state index in [-0.39, 0.29) is 0 Å². The molecule has 0 radical (unpaired) electrons. The van der Waals surface area contributed by atoms with Crippen LogP contribution < -0.4 is 27.0 Å². The van der Waals surface area contributed by atoms with E-state index >= 15 is 0 Å². The lowest BCUT2D eigenvalue weighted by Crippen LogP contribution is -2.50. The Morgan fingerprint density at radius 1 is 0.417 bits per heavy atom. The van der Waals surface area contributed by atoms with Crippen molar-refractivity contribution in [2.45, 2.75) is 159 Å². The molecule has 5 fully saturated rings. The topological polar surface area (TPSA) is 74.1 Å². The highest BCUT2D eigenvalue weighted by molar-refractivity contribution is 5.45. The van der Waals surface area contributed by atoms with Crippen molar-refractivity contribution in [3.63, 3.8) is 0 Å². The molecule has 3 aromatic rings. The van der Waals surface area contributed by atoms with Crippen LogP contribution in [-0.4, -0.2) is 48.3 Å². The first-order chi connectivity index (χ1) is 23.1. The summed E-state index contributed by atoms with van der Waals surface area (Å²) < 4.78 is 0. The fraction of sp³-hybridized carbons (Fsp3) is 0.581. The van der Waals surface area contributed by atoms with Crippen molar-refractivity contribution < 1.29 is 0 Å². The van der Waals surface area contributed by atoms with Crippen LogP contribution >= 0.6 is 0 Å². The maximum absolute atomic E-state index is 6.26. The van der Waals surface area contributed by atoms with Gasteiger partial charge < -0.3 is 27.0 Å². The summed E-state index contributed by atoms with van der Waals surface area (Å²) in [5.41, 5.74) is 20.3. The van der Waals surface area contributed by atoms with Crippen molar-refractivity contribution in [1.29, 1.82) is 0 Å². The number of aryl methyl sites for hydroxylation is 6. The lowest BCUT2D eigenvalue weighted by atomic mass is 9.79. The number of nitrogen functional groups attached to an aromatic ring is 1. The lowest BCUT2D eigenvalue weighted by molar-refractivity contribution is 0.329. The third kappa shape index (κ3) is 5.83. The number of nitrogens with one attached hydrogen (secondary N) is 4. The highest BCUT2D eigenvalue weighted by Crippen LogP contribution is 2.46. The second kappa shape index (κ2) is 12.9. The maximum Gasteiger partial charge on any atom is 0.0314 e.